The highest BCUT2D eigenvalue weighted by Gasteiger charge is 2.54. The van der Waals surface area contributed by atoms with E-state index in [1.807, 2.05) is 0 Å². The molecule has 1 saturated heterocycles. The SMILES string of the molecule is COc1ccc(N2C(=O)CC(P(=O)(Oc3ccccc3)Oc3ccccc3)C2=O)cc1. The summed E-state index contributed by atoms with van der Waals surface area (Å²) >= 11 is 0. The summed E-state index contributed by atoms with van der Waals surface area (Å²) in [4.78, 5) is 27.0. The van der Waals surface area contributed by atoms with E-state index in [1.54, 1.807) is 84.9 Å². The second-order valence-corrected chi connectivity index (χ2v) is 8.90. The number of carbonyl (C=O) groups excluding carboxylic acids is 2. The Morgan fingerprint density at radius 1 is 0.774 bits per heavy atom. The Balaban J connectivity index is 1.68. The molecule has 1 heterocycles. The van der Waals surface area contributed by atoms with Gasteiger partial charge in [-0.25, -0.2) is 9.46 Å². The molecule has 4 rings (SSSR count). The number of ether oxygens (including phenoxy) is 1. The van der Waals surface area contributed by atoms with E-state index in [0.29, 0.717) is 11.4 Å². The van der Waals surface area contributed by atoms with Crippen molar-refractivity contribution in [3.05, 3.63) is 84.9 Å². The van der Waals surface area contributed by atoms with Crippen LogP contribution in [0.3, 0.4) is 0 Å². The number of nitrogens with zero attached hydrogens (tertiary/aromatic N) is 1. The van der Waals surface area contributed by atoms with E-state index in [4.69, 9.17) is 13.8 Å². The standard InChI is InChI=1S/C23H20NO6P/c1-28-18-14-12-17(13-15-18)24-22(25)16-21(23(24)26)31(27,29-19-8-4-2-5-9-19)30-20-10-6-3-7-11-20/h2-15,21H,16H2,1H3. The highest BCUT2D eigenvalue weighted by Crippen LogP contribution is 2.56. The largest absolute Gasteiger partial charge is 0.497 e. The molecule has 0 aromatic heterocycles. The molecule has 2 amide bonds. The van der Waals surface area contributed by atoms with E-state index in [2.05, 4.69) is 0 Å². The van der Waals surface area contributed by atoms with Crippen molar-refractivity contribution in [2.45, 2.75) is 12.1 Å². The van der Waals surface area contributed by atoms with Crippen molar-refractivity contribution in [2.24, 2.45) is 0 Å². The third kappa shape index (κ3) is 4.32. The van der Waals surface area contributed by atoms with Crippen LogP contribution in [0.5, 0.6) is 17.2 Å². The number of imide groups is 1. The quantitative estimate of drug-likeness (QED) is 0.394. The van der Waals surface area contributed by atoms with Crippen LogP contribution in [0.4, 0.5) is 5.69 Å². The summed E-state index contributed by atoms with van der Waals surface area (Å²) in [5.74, 6) is 0.0405. The van der Waals surface area contributed by atoms with Crippen molar-refractivity contribution >= 4 is 25.1 Å². The van der Waals surface area contributed by atoms with E-state index in [-0.39, 0.29) is 17.9 Å². The molecule has 31 heavy (non-hydrogen) atoms. The van der Waals surface area contributed by atoms with Crippen LogP contribution < -0.4 is 18.7 Å². The third-order valence-corrected chi connectivity index (χ3v) is 6.88. The number of methoxy groups -OCH3 is 1. The van der Waals surface area contributed by atoms with Crippen molar-refractivity contribution < 1.29 is 27.9 Å². The van der Waals surface area contributed by atoms with Gasteiger partial charge in [-0.1, -0.05) is 36.4 Å². The first-order chi connectivity index (χ1) is 15.0. The van der Waals surface area contributed by atoms with Gasteiger partial charge in [-0.05, 0) is 48.5 Å². The highest BCUT2D eigenvalue weighted by molar-refractivity contribution is 7.56. The predicted octanol–water partition coefficient (Wildman–Crippen LogP) is 4.68. The zero-order chi connectivity index (χ0) is 21.8. The van der Waals surface area contributed by atoms with Gasteiger partial charge in [0.15, 0.2) is 5.66 Å². The topological polar surface area (TPSA) is 82.1 Å². The second-order valence-electron chi connectivity index (χ2n) is 6.83. The molecule has 158 valence electrons. The Hall–Kier alpha value is -3.57. The lowest BCUT2D eigenvalue weighted by atomic mass is 10.3. The van der Waals surface area contributed by atoms with Gasteiger partial charge in [-0.15, -0.1) is 0 Å². The number of para-hydroxylation sites is 2. The normalized spacial score (nSPS) is 16.3. The van der Waals surface area contributed by atoms with Gasteiger partial charge in [0.2, 0.25) is 5.91 Å². The highest BCUT2D eigenvalue weighted by atomic mass is 31.2. The molecule has 8 heteroatoms. The number of benzene rings is 3. The molecule has 0 spiro atoms. The van der Waals surface area contributed by atoms with Gasteiger partial charge >= 0.3 is 7.60 Å². The summed E-state index contributed by atoms with van der Waals surface area (Å²) in [6, 6.07) is 23.4. The summed E-state index contributed by atoms with van der Waals surface area (Å²) in [7, 11) is -2.59. The average Bonchev–Trinajstić information content (AvgIpc) is 3.10. The fourth-order valence-corrected chi connectivity index (χ4v) is 5.16. The summed E-state index contributed by atoms with van der Waals surface area (Å²) in [6.07, 6.45) is -0.290. The Morgan fingerprint density at radius 2 is 1.29 bits per heavy atom. The van der Waals surface area contributed by atoms with Crippen LogP contribution >= 0.6 is 7.60 Å². The molecule has 1 atom stereocenters. The van der Waals surface area contributed by atoms with E-state index in [0.717, 1.165) is 4.90 Å². The first-order valence-corrected chi connectivity index (χ1v) is 11.2. The Kier molecular flexibility index (Phi) is 5.78. The van der Waals surface area contributed by atoms with Crippen LogP contribution in [-0.4, -0.2) is 24.6 Å². The number of anilines is 1. The summed E-state index contributed by atoms with van der Waals surface area (Å²) in [6.45, 7) is 0. The molecule has 0 radical (unpaired) electrons. The number of carbonyl (C=O) groups is 2. The molecule has 1 aliphatic heterocycles. The third-order valence-electron chi connectivity index (χ3n) is 4.79. The van der Waals surface area contributed by atoms with Crippen LogP contribution in [-0.2, 0) is 14.2 Å². The maximum Gasteiger partial charge on any atom is 0.443 e. The molecular formula is C23H20NO6P. The molecule has 0 N–H and O–H groups in total. The van der Waals surface area contributed by atoms with E-state index in [1.165, 1.54) is 7.11 Å². The number of rotatable bonds is 7. The van der Waals surface area contributed by atoms with Crippen molar-refractivity contribution in [3.8, 4) is 17.2 Å². The molecule has 1 aliphatic rings. The Morgan fingerprint density at radius 3 is 1.77 bits per heavy atom. The molecule has 0 saturated carbocycles. The fourth-order valence-electron chi connectivity index (χ4n) is 3.27. The van der Waals surface area contributed by atoms with Gasteiger partial charge in [0.1, 0.15) is 17.2 Å². The van der Waals surface area contributed by atoms with Crippen molar-refractivity contribution in [1.29, 1.82) is 0 Å². The first kappa shape index (κ1) is 20.7. The molecule has 3 aromatic carbocycles. The van der Waals surface area contributed by atoms with Crippen molar-refractivity contribution in [2.75, 3.05) is 12.0 Å². The summed E-state index contributed by atoms with van der Waals surface area (Å²) in [5.41, 5.74) is -0.910. The maximum atomic E-state index is 13.9. The lowest BCUT2D eigenvalue weighted by Gasteiger charge is -2.24. The van der Waals surface area contributed by atoms with Crippen LogP contribution in [0.15, 0.2) is 84.9 Å². The summed E-state index contributed by atoms with van der Waals surface area (Å²) in [5, 5.41) is 0. The smallest absolute Gasteiger partial charge is 0.443 e. The maximum absolute atomic E-state index is 13.9. The first-order valence-electron chi connectivity index (χ1n) is 9.60. The van der Waals surface area contributed by atoms with Crippen molar-refractivity contribution in [3.63, 3.8) is 0 Å². The Bertz CT molecular complexity index is 1070. The van der Waals surface area contributed by atoms with Crippen LogP contribution in [0.2, 0.25) is 0 Å². The Labute approximate surface area is 179 Å². The lowest BCUT2D eigenvalue weighted by Crippen LogP contribution is -2.33. The number of hydrogen-bond acceptors (Lipinski definition) is 6. The van der Waals surface area contributed by atoms with Crippen LogP contribution in [0, 0.1) is 0 Å². The molecule has 1 unspecified atom stereocenters. The molecule has 0 aliphatic carbocycles. The van der Waals surface area contributed by atoms with E-state index >= 15 is 0 Å². The van der Waals surface area contributed by atoms with Gasteiger partial charge in [0, 0.05) is 0 Å². The van der Waals surface area contributed by atoms with E-state index < -0.39 is 25.1 Å². The molecule has 7 nitrogen and oxygen atoms in total. The van der Waals surface area contributed by atoms with Gasteiger partial charge < -0.3 is 13.8 Å². The van der Waals surface area contributed by atoms with Gasteiger partial charge in [-0.2, -0.15) is 0 Å². The van der Waals surface area contributed by atoms with Crippen molar-refractivity contribution in [1.82, 2.24) is 0 Å². The minimum Gasteiger partial charge on any atom is -0.497 e. The monoisotopic (exact) mass is 437 g/mol. The van der Waals surface area contributed by atoms with Gasteiger partial charge in [0.25, 0.3) is 5.91 Å². The van der Waals surface area contributed by atoms with E-state index in [9.17, 15) is 14.2 Å². The van der Waals surface area contributed by atoms with Crippen LogP contribution in [0.1, 0.15) is 6.42 Å². The van der Waals surface area contributed by atoms with Gasteiger partial charge in [-0.3, -0.25) is 9.59 Å². The molecule has 0 bridgehead atoms. The summed E-state index contributed by atoms with van der Waals surface area (Å²) < 4.78 is 30.5. The zero-order valence-corrected chi connectivity index (χ0v) is 17.6. The minimum atomic E-state index is -4.11. The molecular weight excluding hydrogens is 417 g/mol. The number of hydrogen-bond donors (Lipinski definition) is 0. The number of amides is 2. The minimum absolute atomic E-state index is 0.282. The lowest BCUT2D eigenvalue weighted by molar-refractivity contribution is -0.121. The second kappa shape index (κ2) is 8.66. The fraction of sp³-hybridized carbons (Fsp3) is 0.130. The molecule has 3 aromatic rings. The van der Waals surface area contributed by atoms with Crippen LogP contribution in [0.25, 0.3) is 0 Å². The molecule has 1 fully saturated rings. The average molecular weight is 437 g/mol. The zero-order valence-electron chi connectivity index (χ0n) is 16.7. The predicted molar refractivity (Wildman–Crippen MR) is 116 cm³/mol. The van der Waals surface area contributed by atoms with Gasteiger partial charge in [0.05, 0.1) is 19.2 Å².